The Hall–Kier alpha value is -1.47. The summed E-state index contributed by atoms with van der Waals surface area (Å²) in [6, 6.07) is 6.71. The quantitative estimate of drug-likeness (QED) is 0.646. The van der Waals surface area contributed by atoms with Gasteiger partial charge in [0.15, 0.2) is 10.4 Å². The number of benzene rings is 1. The van der Waals surface area contributed by atoms with Crippen LogP contribution in [-0.2, 0) is 0 Å². The number of amides is 1. The van der Waals surface area contributed by atoms with E-state index >= 15 is 0 Å². The molecule has 1 saturated heterocycles. The highest BCUT2D eigenvalue weighted by atomic mass is 79.9. The monoisotopic (exact) mass is 457 g/mol. The third kappa shape index (κ3) is 4.26. The molecule has 1 fully saturated rings. The van der Waals surface area contributed by atoms with Gasteiger partial charge in [-0.2, -0.15) is 0 Å². The lowest BCUT2D eigenvalue weighted by atomic mass is 10.2. The van der Waals surface area contributed by atoms with Gasteiger partial charge in [-0.3, -0.25) is 9.69 Å². The number of nitrogens with zero attached hydrogens (tertiary/aromatic N) is 2. The first-order valence-electron chi connectivity index (χ1n) is 8.12. The van der Waals surface area contributed by atoms with Crippen molar-refractivity contribution in [3.8, 4) is 0 Å². The second-order valence-corrected chi connectivity index (χ2v) is 7.46. The lowest BCUT2D eigenvalue weighted by molar-refractivity contribution is 0.0995. The van der Waals surface area contributed by atoms with Crippen molar-refractivity contribution >= 4 is 56.4 Å². The Morgan fingerprint density at radius 1 is 1.23 bits per heavy atom. The number of anilines is 2. The van der Waals surface area contributed by atoms with Gasteiger partial charge in [0.2, 0.25) is 0 Å². The number of hydrogen-bond donors (Lipinski definition) is 1. The highest BCUT2D eigenvalue weighted by Gasteiger charge is 2.23. The maximum atomic E-state index is 12.5. The molecule has 3 rings (SSSR count). The summed E-state index contributed by atoms with van der Waals surface area (Å²) in [4.78, 5) is 16.9. The minimum Gasteiger partial charge on any atom is -0.444 e. The van der Waals surface area contributed by atoms with Crippen molar-refractivity contribution in [2.24, 2.45) is 0 Å². The molecule has 0 aliphatic carbocycles. The Labute approximate surface area is 170 Å². The standard InChI is InChI=1S/C18H18BrCl2N3O2/c1-2-7-23-8-10-24(11-9-23)17-13(4-3-12(20)16(17)21)22-18(25)14-5-6-15(19)26-14/h2-6H,1,7-11H2,(H,22,25). The third-order valence-electron chi connectivity index (χ3n) is 4.19. The van der Waals surface area contributed by atoms with Gasteiger partial charge < -0.3 is 14.6 Å². The van der Waals surface area contributed by atoms with Gasteiger partial charge in [0.25, 0.3) is 5.91 Å². The largest absolute Gasteiger partial charge is 0.444 e. The van der Waals surface area contributed by atoms with Crippen molar-refractivity contribution < 1.29 is 9.21 Å². The van der Waals surface area contributed by atoms with Gasteiger partial charge in [-0.15, -0.1) is 6.58 Å². The zero-order valence-corrected chi connectivity index (χ0v) is 17.1. The first-order valence-corrected chi connectivity index (χ1v) is 9.67. The normalized spacial score (nSPS) is 15.1. The van der Waals surface area contributed by atoms with E-state index in [1.807, 2.05) is 6.08 Å². The summed E-state index contributed by atoms with van der Waals surface area (Å²) >= 11 is 15.9. The van der Waals surface area contributed by atoms with Crippen molar-refractivity contribution in [3.63, 3.8) is 0 Å². The topological polar surface area (TPSA) is 48.7 Å². The molecule has 0 saturated carbocycles. The summed E-state index contributed by atoms with van der Waals surface area (Å²) in [6.45, 7) is 7.96. The van der Waals surface area contributed by atoms with E-state index in [2.05, 4.69) is 37.6 Å². The zero-order chi connectivity index (χ0) is 18.7. The summed E-state index contributed by atoms with van der Waals surface area (Å²) < 4.78 is 5.81. The van der Waals surface area contributed by atoms with Crippen LogP contribution in [0.4, 0.5) is 11.4 Å². The van der Waals surface area contributed by atoms with Gasteiger partial charge in [0, 0.05) is 32.7 Å². The average molecular weight is 459 g/mol. The highest BCUT2D eigenvalue weighted by Crippen LogP contribution is 2.39. The van der Waals surface area contributed by atoms with Crippen LogP contribution in [0, 0.1) is 0 Å². The minimum atomic E-state index is -0.347. The molecule has 1 aromatic heterocycles. The number of carbonyl (C=O) groups excluding carboxylic acids is 1. The number of piperazine rings is 1. The molecule has 1 N–H and O–H groups in total. The average Bonchev–Trinajstić information content (AvgIpc) is 3.06. The molecule has 0 unspecified atom stereocenters. The lowest BCUT2D eigenvalue weighted by Gasteiger charge is -2.37. The van der Waals surface area contributed by atoms with E-state index in [4.69, 9.17) is 27.6 Å². The maximum absolute atomic E-state index is 12.5. The van der Waals surface area contributed by atoms with Crippen LogP contribution in [0.5, 0.6) is 0 Å². The fourth-order valence-corrected chi connectivity index (χ4v) is 3.65. The number of hydrogen-bond acceptors (Lipinski definition) is 4. The number of furan rings is 1. The van der Waals surface area contributed by atoms with Crippen LogP contribution in [-0.4, -0.2) is 43.5 Å². The van der Waals surface area contributed by atoms with Crippen LogP contribution in [0.1, 0.15) is 10.6 Å². The van der Waals surface area contributed by atoms with Gasteiger partial charge in [-0.05, 0) is 40.2 Å². The number of rotatable bonds is 5. The maximum Gasteiger partial charge on any atom is 0.291 e. The predicted octanol–water partition coefficient (Wildman–Crippen LogP) is 4.91. The summed E-state index contributed by atoms with van der Waals surface area (Å²) in [6.07, 6.45) is 1.90. The fourth-order valence-electron chi connectivity index (χ4n) is 2.91. The number of nitrogens with one attached hydrogen (secondary N) is 1. The molecule has 5 nitrogen and oxygen atoms in total. The van der Waals surface area contributed by atoms with Gasteiger partial charge in [-0.1, -0.05) is 29.3 Å². The third-order valence-corrected chi connectivity index (χ3v) is 5.41. The van der Waals surface area contributed by atoms with Gasteiger partial charge in [0.05, 0.1) is 21.4 Å². The SMILES string of the molecule is C=CCN1CCN(c2c(NC(=O)c3ccc(Br)o3)ccc(Cl)c2Cl)CC1. The molecule has 1 amide bonds. The Morgan fingerprint density at radius 2 is 1.96 bits per heavy atom. The van der Waals surface area contributed by atoms with E-state index in [0.29, 0.717) is 20.4 Å². The molecular formula is C18H18BrCl2N3O2. The molecule has 8 heteroatoms. The summed E-state index contributed by atoms with van der Waals surface area (Å²) in [7, 11) is 0. The fraction of sp³-hybridized carbons (Fsp3) is 0.278. The second-order valence-electron chi connectivity index (χ2n) is 5.89. The molecule has 138 valence electrons. The van der Waals surface area contributed by atoms with Gasteiger partial charge in [-0.25, -0.2) is 0 Å². The molecule has 0 atom stereocenters. The lowest BCUT2D eigenvalue weighted by Crippen LogP contribution is -2.46. The molecule has 2 aromatic rings. The Balaban J connectivity index is 1.84. The van der Waals surface area contributed by atoms with Crippen LogP contribution in [0.15, 0.2) is 46.0 Å². The van der Waals surface area contributed by atoms with Crippen LogP contribution in [0.2, 0.25) is 10.0 Å². The van der Waals surface area contributed by atoms with Crippen LogP contribution < -0.4 is 10.2 Å². The summed E-state index contributed by atoms with van der Waals surface area (Å²) in [5, 5.41) is 3.76. The van der Waals surface area contributed by atoms with E-state index in [9.17, 15) is 4.79 Å². The molecule has 0 bridgehead atoms. The Morgan fingerprint density at radius 3 is 2.58 bits per heavy atom. The molecule has 1 aliphatic heterocycles. The van der Waals surface area contributed by atoms with E-state index in [1.54, 1.807) is 24.3 Å². The first kappa shape index (κ1) is 19.3. The van der Waals surface area contributed by atoms with Crippen molar-refractivity contribution in [1.82, 2.24) is 4.90 Å². The number of carbonyl (C=O) groups is 1. The molecule has 2 heterocycles. The van der Waals surface area contributed by atoms with Gasteiger partial charge >= 0.3 is 0 Å². The summed E-state index contributed by atoms with van der Waals surface area (Å²) in [5.41, 5.74) is 1.34. The number of halogens is 3. The molecule has 0 spiro atoms. The van der Waals surface area contributed by atoms with E-state index in [-0.39, 0.29) is 11.7 Å². The Kier molecular flexibility index (Phi) is 6.29. The van der Waals surface area contributed by atoms with E-state index in [0.717, 1.165) is 38.4 Å². The Bertz CT molecular complexity index is 817. The highest BCUT2D eigenvalue weighted by molar-refractivity contribution is 9.10. The molecular weight excluding hydrogens is 441 g/mol. The van der Waals surface area contributed by atoms with Crippen LogP contribution >= 0.6 is 39.1 Å². The smallest absolute Gasteiger partial charge is 0.291 e. The van der Waals surface area contributed by atoms with Crippen molar-refractivity contribution in [1.29, 1.82) is 0 Å². The van der Waals surface area contributed by atoms with Gasteiger partial charge in [0.1, 0.15) is 0 Å². The summed E-state index contributed by atoms with van der Waals surface area (Å²) in [5.74, 6) is -0.134. The van der Waals surface area contributed by atoms with Crippen molar-refractivity contribution in [2.75, 3.05) is 42.9 Å². The minimum absolute atomic E-state index is 0.213. The van der Waals surface area contributed by atoms with E-state index in [1.165, 1.54) is 0 Å². The predicted molar refractivity (Wildman–Crippen MR) is 110 cm³/mol. The van der Waals surface area contributed by atoms with Crippen LogP contribution in [0.3, 0.4) is 0 Å². The van der Waals surface area contributed by atoms with E-state index < -0.39 is 0 Å². The first-order chi connectivity index (χ1) is 12.5. The second kappa shape index (κ2) is 8.48. The molecule has 1 aliphatic rings. The molecule has 0 radical (unpaired) electrons. The van der Waals surface area contributed by atoms with Crippen molar-refractivity contribution in [2.45, 2.75) is 0 Å². The van der Waals surface area contributed by atoms with Crippen molar-refractivity contribution in [3.05, 3.63) is 57.4 Å². The van der Waals surface area contributed by atoms with Crippen LogP contribution in [0.25, 0.3) is 0 Å². The molecule has 1 aromatic carbocycles. The molecule has 26 heavy (non-hydrogen) atoms. The zero-order valence-electron chi connectivity index (χ0n) is 14.0.